The molecule has 1 saturated heterocycles. The number of rotatable bonds is 2. The lowest BCUT2D eigenvalue weighted by Crippen LogP contribution is -2.24. The highest BCUT2D eigenvalue weighted by molar-refractivity contribution is 5.85. The third kappa shape index (κ3) is 2.65. The van der Waals surface area contributed by atoms with Crippen molar-refractivity contribution in [2.24, 2.45) is 5.73 Å². The van der Waals surface area contributed by atoms with Crippen molar-refractivity contribution in [2.75, 3.05) is 6.54 Å². The molecule has 4 nitrogen and oxygen atoms in total. The first-order valence-corrected chi connectivity index (χ1v) is 3.32. The van der Waals surface area contributed by atoms with Crippen molar-refractivity contribution in [1.82, 2.24) is 0 Å². The molecule has 0 spiro atoms. The molecule has 0 aromatic rings. The number of nitrogens with two attached hydrogens (primary N) is 1. The predicted molar refractivity (Wildman–Crippen MR) is 41.8 cm³/mol. The second kappa shape index (κ2) is 4.54. The quantitative estimate of drug-likeness (QED) is 0.629. The smallest absolute Gasteiger partial charge is 0.332 e. The van der Waals surface area contributed by atoms with Crippen molar-refractivity contribution in [3.63, 3.8) is 0 Å². The van der Waals surface area contributed by atoms with Crippen molar-refractivity contribution < 1.29 is 14.6 Å². The fraction of sp³-hybridized carbons (Fsp3) is 0.833. The van der Waals surface area contributed by atoms with Crippen LogP contribution in [0.2, 0.25) is 0 Å². The van der Waals surface area contributed by atoms with E-state index in [-0.39, 0.29) is 18.5 Å². The Kier molecular flexibility index (Phi) is 4.40. The zero-order valence-electron chi connectivity index (χ0n) is 6.03. The van der Waals surface area contributed by atoms with Gasteiger partial charge in [0.15, 0.2) is 6.10 Å². The molecule has 5 heteroatoms. The van der Waals surface area contributed by atoms with Gasteiger partial charge in [-0.25, -0.2) is 4.79 Å². The minimum atomic E-state index is -0.879. The van der Waals surface area contributed by atoms with Gasteiger partial charge in [0, 0.05) is 6.54 Å². The molecule has 0 amide bonds. The average molecular weight is 182 g/mol. The first-order valence-electron chi connectivity index (χ1n) is 3.32. The van der Waals surface area contributed by atoms with Crippen LogP contribution >= 0.6 is 12.4 Å². The van der Waals surface area contributed by atoms with Gasteiger partial charge in [0.1, 0.15) is 0 Å². The van der Waals surface area contributed by atoms with Gasteiger partial charge in [-0.05, 0) is 12.8 Å². The molecular weight excluding hydrogens is 170 g/mol. The molecule has 0 aromatic heterocycles. The molecule has 11 heavy (non-hydrogen) atoms. The molecule has 3 N–H and O–H groups in total. The fourth-order valence-corrected chi connectivity index (χ4v) is 1.06. The van der Waals surface area contributed by atoms with E-state index in [1.807, 2.05) is 0 Å². The Labute approximate surface area is 71.1 Å². The molecule has 0 unspecified atom stereocenters. The topological polar surface area (TPSA) is 72.6 Å². The lowest BCUT2D eigenvalue weighted by Gasteiger charge is -2.06. The van der Waals surface area contributed by atoms with E-state index in [9.17, 15) is 4.79 Å². The zero-order valence-corrected chi connectivity index (χ0v) is 6.84. The minimum Gasteiger partial charge on any atom is -0.479 e. The summed E-state index contributed by atoms with van der Waals surface area (Å²) < 4.78 is 5.05. The van der Waals surface area contributed by atoms with Crippen LogP contribution in [-0.2, 0) is 9.53 Å². The number of carbonyl (C=O) groups is 1. The highest BCUT2D eigenvalue weighted by Gasteiger charge is 2.29. The zero-order chi connectivity index (χ0) is 7.56. The van der Waals surface area contributed by atoms with Crippen LogP contribution in [0.15, 0.2) is 0 Å². The van der Waals surface area contributed by atoms with E-state index in [1.54, 1.807) is 0 Å². The van der Waals surface area contributed by atoms with E-state index in [1.165, 1.54) is 0 Å². The molecule has 0 aliphatic carbocycles. The van der Waals surface area contributed by atoms with E-state index < -0.39 is 12.1 Å². The standard InChI is InChI=1S/C6H11NO3.ClH/c7-3-4-1-2-5(10-4)6(8)9;/h4-5H,1-3,7H2,(H,8,9);1H/t4-,5+;/m0./s1. The van der Waals surface area contributed by atoms with Gasteiger partial charge < -0.3 is 15.6 Å². The number of carboxylic acids is 1. The summed E-state index contributed by atoms with van der Waals surface area (Å²) in [5.41, 5.74) is 5.28. The highest BCUT2D eigenvalue weighted by atomic mass is 35.5. The summed E-state index contributed by atoms with van der Waals surface area (Å²) in [6.07, 6.45) is 0.708. The van der Waals surface area contributed by atoms with Gasteiger partial charge in [-0.2, -0.15) is 0 Å². The van der Waals surface area contributed by atoms with Gasteiger partial charge in [0.05, 0.1) is 6.10 Å². The molecule has 0 radical (unpaired) electrons. The van der Waals surface area contributed by atoms with Crippen LogP contribution in [0.25, 0.3) is 0 Å². The first kappa shape index (κ1) is 10.7. The SMILES string of the molecule is Cl.NC[C@@H]1CC[C@H](C(=O)O)O1. The number of hydrogen-bond donors (Lipinski definition) is 2. The van der Waals surface area contributed by atoms with Gasteiger partial charge in [-0.15, -0.1) is 12.4 Å². The van der Waals surface area contributed by atoms with Crippen molar-refractivity contribution in [1.29, 1.82) is 0 Å². The summed E-state index contributed by atoms with van der Waals surface area (Å²) in [5, 5.41) is 8.46. The molecular formula is C6H12ClNO3. The molecule has 1 aliphatic rings. The Morgan fingerprint density at radius 2 is 2.27 bits per heavy atom. The average Bonchev–Trinajstić information content (AvgIpc) is 2.34. The summed E-state index contributed by atoms with van der Waals surface area (Å²) in [6, 6.07) is 0. The molecule has 0 saturated carbocycles. The van der Waals surface area contributed by atoms with E-state index in [0.717, 1.165) is 6.42 Å². The Morgan fingerprint density at radius 3 is 2.55 bits per heavy atom. The number of aliphatic carboxylic acids is 1. The Hall–Kier alpha value is -0.320. The van der Waals surface area contributed by atoms with Gasteiger partial charge in [-0.3, -0.25) is 0 Å². The maximum Gasteiger partial charge on any atom is 0.332 e. The second-order valence-corrected chi connectivity index (χ2v) is 2.40. The fourth-order valence-electron chi connectivity index (χ4n) is 1.06. The lowest BCUT2D eigenvalue weighted by atomic mass is 10.2. The Morgan fingerprint density at radius 1 is 1.64 bits per heavy atom. The molecule has 1 aliphatic heterocycles. The first-order chi connectivity index (χ1) is 4.74. The number of hydrogen-bond acceptors (Lipinski definition) is 3. The van der Waals surface area contributed by atoms with E-state index in [4.69, 9.17) is 15.6 Å². The van der Waals surface area contributed by atoms with Crippen molar-refractivity contribution in [3.05, 3.63) is 0 Å². The normalized spacial score (nSPS) is 29.5. The summed E-state index contributed by atoms with van der Waals surface area (Å²) >= 11 is 0. The second-order valence-electron chi connectivity index (χ2n) is 2.40. The van der Waals surface area contributed by atoms with Crippen LogP contribution < -0.4 is 5.73 Å². The summed E-state index contributed by atoms with van der Waals surface area (Å²) in [6.45, 7) is 0.420. The van der Waals surface area contributed by atoms with E-state index >= 15 is 0 Å². The van der Waals surface area contributed by atoms with Crippen molar-refractivity contribution in [3.8, 4) is 0 Å². The Balaban J connectivity index is 0.000001000. The van der Waals surface area contributed by atoms with Crippen LogP contribution in [0.5, 0.6) is 0 Å². The molecule has 2 atom stereocenters. The monoisotopic (exact) mass is 181 g/mol. The Bertz CT molecular complexity index is 142. The van der Waals surface area contributed by atoms with Crippen LogP contribution in [0.4, 0.5) is 0 Å². The maximum atomic E-state index is 10.3. The van der Waals surface area contributed by atoms with Gasteiger partial charge >= 0.3 is 5.97 Å². The van der Waals surface area contributed by atoms with Crippen LogP contribution in [0, 0.1) is 0 Å². The highest BCUT2D eigenvalue weighted by Crippen LogP contribution is 2.18. The van der Waals surface area contributed by atoms with E-state index in [0.29, 0.717) is 13.0 Å². The number of halogens is 1. The summed E-state index contributed by atoms with van der Waals surface area (Å²) in [7, 11) is 0. The number of carboxylic acid groups (broad SMARTS) is 1. The number of ether oxygens (including phenoxy) is 1. The molecule has 1 heterocycles. The molecule has 0 aromatic carbocycles. The van der Waals surface area contributed by atoms with Crippen LogP contribution in [-0.4, -0.2) is 29.8 Å². The maximum absolute atomic E-state index is 10.3. The predicted octanol–water partition coefficient (Wildman–Crippen LogP) is -0.000900. The van der Waals surface area contributed by atoms with Crippen LogP contribution in [0.1, 0.15) is 12.8 Å². The van der Waals surface area contributed by atoms with Gasteiger partial charge in [0.2, 0.25) is 0 Å². The molecule has 0 bridgehead atoms. The minimum absolute atomic E-state index is 0. The van der Waals surface area contributed by atoms with Crippen LogP contribution in [0.3, 0.4) is 0 Å². The van der Waals surface area contributed by atoms with Gasteiger partial charge in [-0.1, -0.05) is 0 Å². The molecule has 1 rings (SSSR count). The largest absolute Gasteiger partial charge is 0.479 e. The molecule has 66 valence electrons. The molecule has 1 fully saturated rings. The third-order valence-corrected chi connectivity index (χ3v) is 1.65. The van der Waals surface area contributed by atoms with Crippen molar-refractivity contribution >= 4 is 18.4 Å². The third-order valence-electron chi connectivity index (χ3n) is 1.65. The van der Waals surface area contributed by atoms with E-state index in [2.05, 4.69) is 0 Å². The summed E-state index contributed by atoms with van der Waals surface area (Å²) in [5.74, 6) is -0.879. The summed E-state index contributed by atoms with van der Waals surface area (Å²) in [4.78, 5) is 10.3. The lowest BCUT2D eigenvalue weighted by molar-refractivity contribution is -0.149. The van der Waals surface area contributed by atoms with Crippen molar-refractivity contribution in [2.45, 2.75) is 25.0 Å². The van der Waals surface area contributed by atoms with Gasteiger partial charge in [0.25, 0.3) is 0 Å².